The minimum Gasteiger partial charge on any atom is -0.302 e. The Bertz CT molecular complexity index is 846. The summed E-state index contributed by atoms with van der Waals surface area (Å²) in [7, 11) is 0. The van der Waals surface area contributed by atoms with E-state index in [1.807, 2.05) is 43.3 Å². The predicted octanol–water partition coefficient (Wildman–Crippen LogP) is 4.83. The van der Waals surface area contributed by atoms with Gasteiger partial charge >= 0.3 is 0 Å². The molecule has 3 nitrogen and oxygen atoms in total. The lowest BCUT2D eigenvalue weighted by Gasteiger charge is -2.02. The smallest absolute Gasteiger partial charge is 0.226 e. The number of carbonyl (C=O) groups is 1. The van der Waals surface area contributed by atoms with Crippen LogP contribution in [0.15, 0.2) is 53.9 Å². The molecule has 1 heterocycles. The second-order valence-electron chi connectivity index (χ2n) is 5.55. The van der Waals surface area contributed by atoms with Gasteiger partial charge in [0.2, 0.25) is 5.91 Å². The summed E-state index contributed by atoms with van der Waals surface area (Å²) in [4.78, 5) is 16.3. The van der Waals surface area contributed by atoms with E-state index in [4.69, 9.17) is 0 Å². The molecule has 0 aliphatic carbocycles. The first-order chi connectivity index (χ1) is 11.6. The number of hydrogen-bond donors (Lipinski definition) is 1. The quantitative estimate of drug-likeness (QED) is 0.723. The average Bonchev–Trinajstić information content (AvgIpc) is 3.02. The van der Waals surface area contributed by atoms with Gasteiger partial charge in [0.1, 0.15) is 5.82 Å². The summed E-state index contributed by atoms with van der Waals surface area (Å²) in [6, 6.07) is 14.9. The summed E-state index contributed by atoms with van der Waals surface area (Å²) >= 11 is 1.30. The molecule has 2 aromatic carbocycles. The van der Waals surface area contributed by atoms with Crippen molar-refractivity contribution in [2.24, 2.45) is 0 Å². The number of rotatable bonds is 5. The van der Waals surface area contributed by atoms with E-state index < -0.39 is 0 Å². The molecule has 0 atom stereocenters. The molecule has 1 N–H and O–H groups in total. The lowest BCUT2D eigenvalue weighted by atomic mass is 10.1. The summed E-state index contributed by atoms with van der Waals surface area (Å²) in [6.45, 7) is 1.84. The minimum atomic E-state index is -0.303. The Hall–Kier alpha value is -2.53. The first kappa shape index (κ1) is 16.3. The Kier molecular flexibility index (Phi) is 5.01. The highest BCUT2D eigenvalue weighted by molar-refractivity contribution is 7.14. The lowest BCUT2D eigenvalue weighted by molar-refractivity contribution is -0.116. The molecule has 0 saturated heterocycles. The predicted molar refractivity (Wildman–Crippen MR) is 95.6 cm³/mol. The van der Waals surface area contributed by atoms with Crippen molar-refractivity contribution < 1.29 is 9.18 Å². The van der Waals surface area contributed by atoms with Crippen LogP contribution in [0.25, 0.3) is 11.3 Å². The van der Waals surface area contributed by atoms with Gasteiger partial charge in [-0.2, -0.15) is 0 Å². The van der Waals surface area contributed by atoms with E-state index in [1.54, 1.807) is 11.4 Å². The molecule has 3 aromatic rings. The topological polar surface area (TPSA) is 42.0 Å². The van der Waals surface area contributed by atoms with Crippen LogP contribution in [0.2, 0.25) is 0 Å². The number of halogens is 1. The second kappa shape index (κ2) is 7.36. The third-order valence-electron chi connectivity index (χ3n) is 3.63. The van der Waals surface area contributed by atoms with Gasteiger partial charge in [-0.15, -0.1) is 11.3 Å². The molecule has 0 spiro atoms. The first-order valence-electron chi connectivity index (χ1n) is 7.67. The van der Waals surface area contributed by atoms with Crippen LogP contribution < -0.4 is 5.32 Å². The Morgan fingerprint density at radius 3 is 2.75 bits per heavy atom. The van der Waals surface area contributed by atoms with Crippen LogP contribution in [-0.2, 0) is 11.2 Å². The zero-order valence-corrected chi connectivity index (χ0v) is 14.1. The van der Waals surface area contributed by atoms with Crippen molar-refractivity contribution in [3.05, 3.63) is 70.9 Å². The number of hydrogen-bond acceptors (Lipinski definition) is 3. The van der Waals surface area contributed by atoms with Crippen LogP contribution in [0.5, 0.6) is 0 Å². The van der Waals surface area contributed by atoms with Gasteiger partial charge in [0.25, 0.3) is 0 Å². The molecule has 0 bridgehead atoms. The summed E-state index contributed by atoms with van der Waals surface area (Å²) in [6.07, 6.45) is 1.06. The van der Waals surface area contributed by atoms with Crippen molar-refractivity contribution in [1.82, 2.24) is 4.98 Å². The van der Waals surface area contributed by atoms with Gasteiger partial charge < -0.3 is 5.32 Å². The average molecular weight is 340 g/mol. The molecule has 0 aliphatic rings. The molecular formula is C19H17FN2OS. The molecule has 0 fully saturated rings. The molecule has 3 rings (SSSR count). The third-order valence-corrected chi connectivity index (χ3v) is 4.39. The molecule has 0 saturated carbocycles. The SMILES string of the molecule is Cc1ccc(-c2csc(NC(=O)CCc3ccccc3)n2)c(F)c1. The Morgan fingerprint density at radius 2 is 2.00 bits per heavy atom. The zero-order chi connectivity index (χ0) is 16.9. The summed E-state index contributed by atoms with van der Waals surface area (Å²) in [5, 5.41) is 5.02. The van der Waals surface area contributed by atoms with E-state index >= 15 is 0 Å². The number of thiazole rings is 1. The van der Waals surface area contributed by atoms with Gasteiger partial charge in [0.05, 0.1) is 5.69 Å². The monoisotopic (exact) mass is 340 g/mol. The van der Waals surface area contributed by atoms with Crippen LogP contribution in [0.3, 0.4) is 0 Å². The summed E-state index contributed by atoms with van der Waals surface area (Å²) in [5.41, 5.74) is 2.97. The highest BCUT2D eigenvalue weighted by atomic mass is 32.1. The van der Waals surface area contributed by atoms with Crippen molar-refractivity contribution in [3.63, 3.8) is 0 Å². The number of carbonyl (C=O) groups excluding carboxylic acids is 1. The van der Waals surface area contributed by atoms with Crippen molar-refractivity contribution in [2.45, 2.75) is 19.8 Å². The van der Waals surface area contributed by atoms with Crippen molar-refractivity contribution >= 4 is 22.4 Å². The fraction of sp³-hybridized carbons (Fsp3) is 0.158. The largest absolute Gasteiger partial charge is 0.302 e. The molecule has 0 unspecified atom stereocenters. The fourth-order valence-corrected chi connectivity index (χ4v) is 3.09. The van der Waals surface area contributed by atoms with Gasteiger partial charge in [0.15, 0.2) is 5.13 Å². The first-order valence-corrected chi connectivity index (χ1v) is 8.55. The summed E-state index contributed by atoms with van der Waals surface area (Å²) < 4.78 is 14.0. The van der Waals surface area contributed by atoms with Gasteiger partial charge in [0, 0.05) is 17.4 Å². The maximum Gasteiger partial charge on any atom is 0.226 e. The molecule has 5 heteroatoms. The number of nitrogens with zero attached hydrogens (tertiary/aromatic N) is 1. The van der Waals surface area contributed by atoms with E-state index in [9.17, 15) is 9.18 Å². The normalized spacial score (nSPS) is 10.6. The van der Waals surface area contributed by atoms with Gasteiger partial charge in [-0.1, -0.05) is 36.4 Å². The Morgan fingerprint density at radius 1 is 1.21 bits per heavy atom. The van der Waals surface area contributed by atoms with E-state index in [0.717, 1.165) is 11.1 Å². The maximum absolute atomic E-state index is 14.0. The van der Waals surface area contributed by atoms with Crippen LogP contribution in [0, 0.1) is 12.7 Å². The molecule has 1 amide bonds. The van der Waals surface area contributed by atoms with Crippen LogP contribution in [0.1, 0.15) is 17.5 Å². The Labute approximate surface area is 144 Å². The number of aryl methyl sites for hydroxylation is 2. The number of nitrogens with one attached hydrogen (secondary N) is 1. The van der Waals surface area contributed by atoms with Crippen LogP contribution in [-0.4, -0.2) is 10.9 Å². The third kappa shape index (κ3) is 4.06. The number of amides is 1. The zero-order valence-electron chi connectivity index (χ0n) is 13.3. The van der Waals surface area contributed by atoms with E-state index in [1.165, 1.54) is 17.4 Å². The van der Waals surface area contributed by atoms with Crippen molar-refractivity contribution in [2.75, 3.05) is 5.32 Å². The van der Waals surface area contributed by atoms with E-state index in [0.29, 0.717) is 29.2 Å². The maximum atomic E-state index is 14.0. The Balaban J connectivity index is 1.62. The molecule has 0 radical (unpaired) electrons. The number of benzene rings is 2. The molecule has 1 aromatic heterocycles. The number of anilines is 1. The molecule has 0 aliphatic heterocycles. The van der Waals surface area contributed by atoms with E-state index in [2.05, 4.69) is 10.3 Å². The highest BCUT2D eigenvalue weighted by Gasteiger charge is 2.11. The molecule has 24 heavy (non-hydrogen) atoms. The highest BCUT2D eigenvalue weighted by Crippen LogP contribution is 2.27. The van der Waals surface area contributed by atoms with Gasteiger partial charge in [-0.25, -0.2) is 9.37 Å². The van der Waals surface area contributed by atoms with Gasteiger partial charge in [-0.3, -0.25) is 4.79 Å². The fourth-order valence-electron chi connectivity index (χ4n) is 2.37. The second-order valence-corrected chi connectivity index (χ2v) is 6.41. The molecule has 122 valence electrons. The van der Waals surface area contributed by atoms with Crippen molar-refractivity contribution in [3.8, 4) is 11.3 Å². The van der Waals surface area contributed by atoms with Crippen molar-refractivity contribution in [1.29, 1.82) is 0 Å². The molecular weight excluding hydrogens is 323 g/mol. The van der Waals surface area contributed by atoms with Crippen LogP contribution in [0.4, 0.5) is 9.52 Å². The number of aromatic nitrogens is 1. The lowest BCUT2D eigenvalue weighted by Crippen LogP contribution is -2.12. The minimum absolute atomic E-state index is 0.0934. The standard InChI is InChI=1S/C19H17FN2OS/c1-13-7-9-15(16(20)11-13)17-12-24-19(21-17)22-18(23)10-8-14-5-3-2-4-6-14/h2-7,9,11-12H,8,10H2,1H3,(H,21,22,23). The van der Waals surface area contributed by atoms with Gasteiger partial charge in [-0.05, 0) is 36.6 Å². The van der Waals surface area contributed by atoms with E-state index in [-0.39, 0.29) is 11.7 Å². The van der Waals surface area contributed by atoms with Crippen LogP contribution >= 0.6 is 11.3 Å². The summed E-state index contributed by atoms with van der Waals surface area (Å²) in [5.74, 6) is -0.397.